The molecule has 3 aromatic rings. The average molecular weight is 424 g/mol. The van der Waals surface area contributed by atoms with Crippen LogP contribution in [0.25, 0.3) is 22.2 Å². The lowest BCUT2D eigenvalue weighted by molar-refractivity contribution is -0.119. The number of amides is 1. The molecule has 2 saturated heterocycles. The molecule has 9 heteroatoms. The number of carbonyl (C=O) groups excluding carboxylic acids is 1. The second-order valence-electron chi connectivity index (χ2n) is 8.88. The topological polar surface area (TPSA) is 90.1 Å². The number of hydrogen-bond donors (Lipinski definition) is 1. The number of piperidine rings is 1. The molecule has 31 heavy (non-hydrogen) atoms. The summed E-state index contributed by atoms with van der Waals surface area (Å²) in [4.78, 5) is 18.8. The number of aromatic nitrogens is 5. The predicted molar refractivity (Wildman–Crippen MR) is 117 cm³/mol. The molecule has 9 nitrogen and oxygen atoms in total. The average Bonchev–Trinajstić information content (AvgIpc) is 3.47. The summed E-state index contributed by atoms with van der Waals surface area (Å²) >= 11 is 0. The fourth-order valence-corrected chi connectivity index (χ4v) is 4.51. The molecule has 164 valence electrons. The SMILES string of the molecule is CC(Oc1nc(-c2cnn(C3CCN(C)CC3)c2)cc2nn(C)cc12)C1CNC(=O)C1. The van der Waals surface area contributed by atoms with Crippen LogP contribution in [0.4, 0.5) is 0 Å². The summed E-state index contributed by atoms with van der Waals surface area (Å²) in [6, 6.07) is 2.41. The van der Waals surface area contributed by atoms with Crippen molar-refractivity contribution >= 4 is 16.8 Å². The maximum Gasteiger partial charge on any atom is 0.225 e. The van der Waals surface area contributed by atoms with Gasteiger partial charge in [0.15, 0.2) is 0 Å². The van der Waals surface area contributed by atoms with E-state index in [4.69, 9.17) is 9.72 Å². The van der Waals surface area contributed by atoms with Gasteiger partial charge >= 0.3 is 0 Å². The van der Waals surface area contributed by atoms with Gasteiger partial charge in [0.1, 0.15) is 6.10 Å². The Labute approximate surface area is 181 Å². The molecule has 0 aliphatic carbocycles. The zero-order chi connectivity index (χ0) is 21.5. The van der Waals surface area contributed by atoms with Crippen LogP contribution in [0.1, 0.15) is 32.2 Å². The molecule has 0 radical (unpaired) electrons. The summed E-state index contributed by atoms with van der Waals surface area (Å²) in [6.45, 7) is 4.82. The molecule has 0 saturated carbocycles. The van der Waals surface area contributed by atoms with Gasteiger partial charge < -0.3 is 15.0 Å². The summed E-state index contributed by atoms with van der Waals surface area (Å²) in [6.07, 6.45) is 8.44. The van der Waals surface area contributed by atoms with E-state index in [2.05, 4.69) is 38.3 Å². The number of ether oxygens (including phenoxy) is 1. The number of pyridine rings is 1. The van der Waals surface area contributed by atoms with Crippen LogP contribution in [-0.4, -0.2) is 68.1 Å². The summed E-state index contributed by atoms with van der Waals surface area (Å²) in [5, 5.41) is 13.0. The molecule has 3 aromatic heterocycles. The smallest absolute Gasteiger partial charge is 0.225 e. The third-order valence-electron chi connectivity index (χ3n) is 6.51. The summed E-state index contributed by atoms with van der Waals surface area (Å²) in [5.74, 6) is 0.770. The van der Waals surface area contributed by atoms with Gasteiger partial charge in [0.2, 0.25) is 11.8 Å². The van der Waals surface area contributed by atoms with E-state index in [1.54, 1.807) is 4.68 Å². The lowest BCUT2D eigenvalue weighted by Gasteiger charge is -2.28. The van der Waals surface area contributed by atoms with Crippen LogP contribution in [0.3, 0.4) is 0 Å². The lowest BCUT2D eigenvalue weighted by Crippen LogP contribution is -2.31. The van der Waals surface area contributed by atoms with Crippen molar-refractivity contribution in [1.29, 1.82) is 0 Å². The Hall–Kier alpha value is -2.94. The van der Waals surface area contributed by atoms with Gasteiger partial charge in [-0.1, -0.05) is 0 Å². The highest BCUT2D eigenvalue weighted by atomic mass is 16.5. The Morgan fingerprint density at radius 1 is 1.23 bits per heavy atom. The third-order valence-corrected chi connectivity index (χ3v) is 6.51. The fourth-order valence-electron chi connectivity index (χ4n) is 4.51. The van der Waals surface area contributed by atoms with E-state index >= 15 is 0 Å². The molecule has 2 unspecified atom stereocenters. The number of likely N-dealkylation sites (tertiary alicyclic amines) is 1. The second-order valence-corrected chi connectivity index (χ2v) is 8.88. The Bertz CT molecular complexity index is 1100. The van der Waals surface area contributed by atoms with Crippen molar-refractivity contribution < 1.29 is 9.53 Å². The van der Waals surface area contributed by atoms with Gasteiger partial charge in [0.05, 0.1) is 28.8 Å². The minimum Gasteiger partial charge on any atom is -0.474 e. The molecule has 2 aliphatic heterocycles. The minimum absolute atomic E-state index is 0.0787. The number of aryl methyl sites for hydroxylation is 1. The van der Waals surface area contributed by atoms with Crippen LogP contribution >= 0.6 is 0 Å². The van der Waals surface area contributed by atoms with Gasteiger partial charge in [0.25, 0.3) is 0 Å². The zero-order valence-corrected chi connectivity index (χ0v) is 18.3. The minimum atomic E-state index is -0.132. The molecule has 1 amide bonds. The number of nitrogens with one attached hydrogen (secondary N) is 1. The first-order chi connectivity index (χ1) is 15.0. The summed E-state index contributed by atoms with van der Waals surface area (Å²) in [5.41, 5.74) is 2.59. The highest BCUT2D eigenvalue weighted by Gasteiger charge is 2.29. The van der Waals surface area contributed by atoms with E-state index < -0.39 is 0 Å². The predicted octanol–water partition coefficient (Wildman–Crippen LogP) is 2.00. The van der Waals surface area contributed by atoms with E-state index in [0.717, 1.165) is 48.1 Å². The molecule has 0 bridgehead atoms. The normalized spacial score (nSPS) is 21.5. The van der Waals surface area contributed by atoms with Crippen LogP contribution in [-0.2, 0) is 11.8 Å². The van der Waals surface area contributed by atoms with E-state index in [9.17, 15) is 4.79 Å². The number of carbonyl (C=O) groups is 1. The van der Waals surface area contributed by atoms with Gasteiger partial charge in [-0.2, -0.15) is 10.2 Å². The van der Waals surface area contributed by atoms with Crippen molar-refractivity contribution in [3.63, 3.8) is 0 Å². The van der Waals surface area contributed by atoms with Crippen molar-refractivity contribution in [2.45, 2.75) is 38.3 Å². The molecule has 0 spiro atoms. The first-order valence-electron chi connectivity index (χ1n) is 11.0. The molecule has 0 aromatic carbocycles. The van der Waals surface area contributed by atoms with E-state index in [0.29, 0.717) is 24.9 Å². The largest absolute Gasteiger partial charge is 0.474 e. The maximum absolute atomic E-state index is 11.6. The van der Waals surface area contributed by atoms with Crippen molar-refractivity contribution in [2.75, 3.05) is 26.7 Å². The Balaban J connectivity index is 1.44. The highest BCUT2D eigenvalue weighted by Crippen LogP contribution is 2.31. The fraction of sp³-hybridized carbons (Fsp3) is 0.545. The molecule has 2 atom stereocenters. The van der Waals surface area contributed by atoms with Gasteiger partial charge in [-0.25, -0.2) is 4.98 Å². The van der Waals surface area contributed by atoms with E-state index in [1.165, 1.54) is 0 Å². The molecular formula is C22H29N7O2. The molecule has 2 fully saturated rings. The Morgan fingerprint density at radius 3 is 2.77 bits per heavy atom. The van der Waals surface area contributed by atoms with Crippen LogP contribution in [0, 0.1) is 5.92 Å². The molecular weight excluding hydrogens is 394 g/mol. The third kappa shape index (κ3) is 4.01. The van der Waals surface area contributed by atoms with Crippen molar-refractivity contribution in [2.24, 2.45) is 13.0 Å². The molecule has 5 heterocycles. The number of rotatable bonds is 5. The monoisotopic (exact) mass is 423 g/mol. The molecule has 5 rings (SSSR count). The lowest BCUT2D eigenvalue weighted by atomic mass is 10.0. The summed E-state index contributed by atoms with van der Waals surface area (Å²) < 4.78 is 10.1. The maximum atomic E-state index is 11.6. The number of hydrogen-bond acceptors (Lipinski definition) is 6. The van der Waals surface area contributed by atoms with Crippen LogP contribution in [0.15, 0.2) is 24.7 Å². The van der Waals surface area contributed by atoms with Crippen LogP contribution < -0.4 is 10.1 Å². The number of nitrogens with zero attached hydrogens (tertiary/aromatic N) is 6. The first kappa shape index (κ1) is 20.0. The van der Waals surface area contributed by atoms with E-state index in [1.807, 2.05) is 32.4 Å². The van der Waals surface area contributed by atoms with Gasteiger partial charge in [-0.15, -0.1) is 0 Å². The van der Waals surface area contributed by atoms with Gasteiger partial charge in [-0.3, -0.25) is 14.2 Å². The molecule has 2 aliphatic rings. The number of fused-ring (bicyclic) bond motifs is 1. The van der Waals surface area contributed by atoms with Gasteiger partial charge in [-0.05, 0) is 46.0 Å². The standard InChI is InChI=1S/C22H29N7O2/c1-14(15-8-21(30)23-10-15)31-22-18-13-28(3)26-20(18)9-19(25-22)16-11-24-29(12-16)17-4-6-27(2)7-5-17/h9,11-15,17H,4-8,10H2,1-3H3,(H,23,30). The highest BCUT2D eigenvalue weighted by molar-refractivity contribution is 5.86. The van der Waals surface area contributed by atoms with Crippen molar-refractivity contribution in [1.82, 2.24) is 34.8 Å². The quantitative estimate of drug-likeness (QED) is 0.675. The Kier molecular flexibility index (Phi) is 5.13. The molecule has 1 N–H and O–H groups in total. The Morgan fingerprint density at radius 2 is 2.03 bits per heavy atom. The van der Waals surface area contributed by atoms with E-state index in [-0.39, 0.29) is 17.9 Å². The van der Waals surface area contributed by atoms with Crippen LogP contribution in [0.2, 0.25) is 0 Å². The second kappa shape index (κ2) is 7.96. The van der Waals surface area contributed by atoms with Crippen molar-refractivity contribution in [3.8, 4) is 17.1 Å². The van der Waals surface area contributed by atoms with Crippen molar-refractivity contribution in [3.05, 3.63) is 24.7 Å². The zero-order valence-electron chi connectivity index (χ0n) is 18.3. The first-order valence-corrected chi connectivity index (χ1v) is 11.0. The summed E-state index contributed by atoms with van der Waals surface area (Å²) in [7, 11) is 4.06. The van der Waals surface area contributed by atoms with Gasteiger partial charge in [0, 0.05) is 43.9 Å². The van der Waals surface area contributed by atoms with Crippen LogP contribution in [0.5, 0.6) is 5.88 Å².